The van der Waals surface area contributed by atoms with E-state index in [0.717, 1.165) is 6.21 Å². The lowest BCUT2D eigenvalue weighted by atomic mass is 10.1. The molecule has 0 saturated heterocycles. The van der Waals surface area contributed by atoms with Gasteiger partial charge in [0.15, 0.2) is 12.3 Å². The number of hydrogen-bond acceptors (Lipinski definition) is 6. The molecule has 2 rings (SSSR count). The molecule has 0 aliphatic carbocycles. The van der Waals surface area contributed by atoms with Gasteiger partial charge in [-0.3, -0.25) is 0 Å². The molecule has 0 saturated carbocycles. The Balaban J connectivity index is 1.98. The number of nitrogens with zero attached hydrogens (tertiary/aromatic N) is 1. The highest BCUT2D eigenvalue weighted by Gasteiger charge is 2.31. The van der Waals surface area contributed by atoms with Crippen LogP contribution in [0.1, 0.15) is 20.7 Å². The third kappa shape index (κ3) is 6.45. The van der Waals surface area contributed by atoms with Crippen molar-refractivity contribution in [2.75, 3.05) is 13.7 Å². The van der Waals surface area contributed by atoms with Gasteiger partial charge in [0.2, 0.25) is 0 Å². The lowest BCUT2D eigenvalue weighted by Crippen LogP contribution is -2.38. The molecule has 0 heterocycles. The van der Waals surface area contributed by atoms with Crippen molar-refractivity contribution in [1.82, 2.24) is 0 Å². The summed E-state index contributed by atoms with van der Waals surface area (Å²) < 4.78 is 25.2. The van der Waals surface area contributed by atoms with E-state index < -0.39 is 29.0 Å². The Bertz CT molecular complexity index is 788. The molecular formula is C20H19BrFNO5. The largest absolute Gasteiger partial charge is 0.461 e. The Morgan fingerprint density at radius 3 is 2.11 bits per heavy atom. The first-order valence-corrected chi connectivity index (χ1v) is 9.27. The van der Waals surface area contributed by atoms with Gasteiger partial charge in [0.1, 0.15) is 13.7 Å². The maximum absolute atomic E-state index is 14.9. The second-order valence-corrected chi connectivity index (χ2v) is 6.77. The second kappa shape index (κ2) is 11.2. The fourth-order valence-electron chi connectivity index (χ4n) is 2.17. The summed E-state index contributed by atoms with van der Waals surface area (Å²) in [6.45, 7) is -0.269. The van der Waals surface area contributed by atoms with Crippen molar-refractivity contribution in [1.29, 1.82) is 0 Å². The van der Waals surface area contributed by atoms with Gasteiger partial charge in [0.25, 0.3) is 0 Å². The first-order chi connectivity index (χ1) is 13.5. The van der Waals surface area contributed by atoms with Crippen LogP contribution in [0.15, 0.2) is 65.8 Å². The van der Waals surface area contributed by atoms with Crippen LogP contribution in [0.2, 0.25) is 0 Å². The van der Waals surface area contributed by atoms with Crippen LogP contribution < -0.4 is 0 Å². The van der Waals surface area contributed by atoms with E-state index in [1.165, 1.54) is 7.11 Å². The summed E-state index contributed by atoms with van der Waals surface area (Å²) in [7, 11) is 1.28. The van der Waals surface area contributed by atoms with Gasteiger partial charge in [-0.25, -0.2) is 14.0 Å². The monoisotopic (exact) mass is 451 g/mol. The van der Waals surface area contributed by atoms with Crippen molar-refractivity contribution in [3.05, 3.63) is 71.8 Å². The molecule has 6 nitrogen and oxygen atoms in total. The van der Waals surface area contributed by atoms with E-state index in [4.69, 9.17) is 9.47 Å². The van der Waals surface area contributed by atoms with E-state index in [-0.39, 0.29) is 12.2 Å². The summed E-state index contributed by atoms with van der Waals surface area (Å²) in [5.41, 5.74) is 0.623. The number of ether oxygens (including phenoxy) is 2. The van der Waals surface area contributed by atoms with Crippen LogP contribution in [0.4, 0.5) is 4.39 Å². The molecule has 28 heavy (non-hydrogen) atoms. The number of oxime groups is 1. The van der Waals surface area contributed by atoms with Gasteiger partial charge >= 0.3 is 11.9 Å². The van der Waals surface area contributed by atoms with E-state index in [2.05, 4.69) is 25.9 Å². The highest BCUT2D eigenvalue weighted by molar-refractivity contribution is 9.09. The van der Waals surface area contributed by atoms with Gasteiger partial charge in [-0.2, -0.15) is 0 Å². The third-order valence-corrected chi connectivity index (χ3v) is 4.38. The molecule has 8 heteroatoms. The fourth-order valence-corrected chi connectivity index (χ4v) is 2.61. The number of rotatable bonds is 9. The predicted molar refractivity (Wildman–Crippen MR) is 105 cm³/mol. The summed E-state index contributed by atoms with van der Waals surface area (Å²) in [6.07, 6.45) is -2.04. The second-order valence-electron chi connectivity index (χ2n) is 5.60. The zero-order chi connectivity index (χ0) is 20.4. The molecule has 0 aliphatic rings. The van der Waals surface area contributed by atoms with Gasteiger partial charge < -0.3 is 14.3 Å². The van der Waals surface area contributed by atoms with Gasteiger partial charge in [-0.15, -0.1) is 0 Å². The number of carbonyl (C=O) groups is 2. The molecule has 0 aromatic heterocycles. The number of esters is 2. The van der Waals surface area contributed by atoms with Crippen LogP contribution in [0, 0.1) is 0 Å². The number of hydrogen-bond donors (Lipinski definition) is 0. The molecular weight excluding hydrogens is 433 g/mol. The predicted octanol–water partition coefficient (Wildman–Crippen LogP) is 3.80. The van der Waals surface area contributed by atoms with Crippen molar-refractivity contribution in [2.45, 2.75) is 17.1 Å². The lowest BCUT2D eigenvalue weighted by Gasteiger charge is -2.21. The summed E-state index contributed by atoms with van der Waals surface area (Å²) in [5, 5.41) is 3.49. The SMILES string of the molecule is CO/N=C/[C@H](OC(=O)c1ccccc1)[C@H](F)[C@@H](Br)COC(=O)c1ccccc1. The Morgan fingerprint density at radius 1 is 1.04 bits per heavy atom. The average Bonchev–Trinajstić information content (AvgIpc) is 2.75. The number of carbonyl (C=O) groups excluding carboxylic acids is 2. The highest BCUT2D eigenvalue weighted by Crippen LogP contribution is 2.18. The molecule has 148 valence electrons. The lowest BCUT2D eigenvalue weighted by molar-refractivity contribution is 0.0203. The summed E-state index contributed by atoms with van der Waals surface area (Å²) in [6, 6.07) is 16.5. The maximum atomic E-state index is 14.9. The fraction of sp³-hybridized carbons (Fsp3) is 0.250. The Morgan fingerprint density at radius 2 is 1.57 bits per heavy atom. The van der Waals surface area contributed by atoms with Crippen molar-refractivity contribution in [2.24, 2.45) is 5.16 Å². The van der Waals surface area contributed by atoms with Crippen LogP contribution in [-0.4, -0.2) is 49.0 Å². The topological polar surface area (TPSA) is 74.2 Å². The van der Waals surface area contributed by atoms with Gasteiger partial charge in [-0.05, 0) is 24.3 Å². The number of halogens is 2. The normalized spacial score (nSPS) is 14.1. The molecule has 0 N–H and O–H groups in total. The third-order valence-electron chi connectivity index (χ3n) is 3.61. The van der Waals surface area contributed by atoms with Crippen molar-refractivity contribution in [3.8, 4) is 0 Å². The van der Waals surface area contributed by atoms with Crippen LogP contribution in [0.5, 0.6) is 0 Å². The van der Waals surface area contributed by atoms with Crippen LogP contribution in [-0.2, 0) is 14.3 Å². The number of benzene rings is 2. The van der Waals surface area contributed by atoms with Crippen molar-refractivity contribution < 1.29 is 28.3 Å². The molecule has 0 spiro atoms. The smallest absolute Gasteiger partial charge is 0.338 e. The molecule has 2 aromatic rings. The first kappa shape index (κ1) is 21.6. The molecule has 0 fully saturated rings. The maximum Gasteiger partial charge on any atom is 0.338 e. The zero-order valence-corrected chi connectivity index (χ0v) is 16.6. The molecule has 0 amide bonds. The number of alkyl halides is 2. The minimum atomic E-state index is -1.74. The first-order valence-electron chi connectivity index (χ1n) is 8.36. The molecule has 0 bridgehead atoms. The molecule has 2 aromatic carbocycles. The zero-order valence-electron chi connectivity index (χ0n) is 15.0. The molecule has 0 unspecified atom stereocenters. The van der Waals surface area contributed by atoms with E-state index in [9.17, 15) is 14.0 Å². The minimum Gasteiger partial charge on any atom is -0.461 e. The molecule has 3 atom stereocenters. The molecule has 0 aliphatic heterocycles. The molecule has 0 radical (unpaired) electrons. The van der Waals surface area contributed by atoms with E-state index >= 15 is 0 Å². The standard InChI is InChI=1S/C20H19BrFNO5/c1-26-23-12-17(28-20(25)15-10-6-3-7-11-15)18(22)16(21)13-27-19(24)14-8-4-2-5-9-14/h2-12,16-18H,13H2,1H3/b23-12+/t16-,17-,18+/m0/s1. The van der Waals surface area contributed by atoms with E-state index in [0.29, 0.717) is 5.56 Å². The minimum absolute atomic E-state index is 0.269. The average molecular weight is 452 g/mol. The van der Waals surface area contributed by atoms with Gasteiger partial charge in [0, 0.05) is 0 Å². The van der Waals surface area contributed by atoms with E-state index in [1.807, 2.05) is 0 Å². The summed E-state index contributed by atoms with van der Waals surface area (Å²) in [4.78, 5) is 27.8. The van der Waals surface area contributed by atoms with Gasteiger partial charge in [0.05, 0.1) is 22.2 Å². The summed E-state index contributed by atoms with van der Waals surface area (Å²) in [5.74, 6) is -1.29. The Kier molecular flexibility index (Phi) is 8.61. The van der Waals surface area contributed by atoms with Crippen LogP contribution >= 0.6 is 15.9 Å². The van der Waals surface area contributed by atoms with Crippen molar-refractivity contribution >= 4 is 34.1 Å². The quantitative estimate of drug-likeness (QED) is 0.251. The summed E-state index contributed by atoms with van der Waals surface area (Å²) >= 11 is 3.14. The Hall–Kier alpha value is -2.74. The van der Waals surface area contributed by atoms with Crippen LogP contribution in [0.3, 0.4) is 0 Å². The highest BCUT2D eigenvalue weighted by atomic mass is 79.9. The van der Waals surface area contributed by atoms with E-state index in [1.54, 1.807) is 60.7 Å². The Labute approximate surface area is 170 Å². The van der Waals surface area contributed by atoms with Gasteiger partial charge in [-0.1, -0.05) is 57.5 Å². The van der Waals surface area contributed by atoms with Crippen molar-refractivity contribution in [3.63, 3.8) is 0 Å². The van der Waals surface area contributed by atoms with Crippen LogP contribution in [0.25, 0.3) is 0 Å².